The van der Waals surface area contributed by atoms with Crippen molar-refractivity contribution in [2.45, 2.75) is 26.8 Å². The van der Waals surface area contributed by atoms with Gasteiger partial charge in [-0.25, -0.2) is 19.9 Å². The van der Waals surface area contributed by atoms with Crippen molar-refractivity contribution >= 4 is 22.2 Å². The minimum atomic E-state index is 0.282. The summed E-state index contributed by atoms with van der Waals surface area (Å²) in [5.74, 6) is 0.966. The monoisotopic (exact) mass is 372 g/mol. The maximum atomic E-state index is 4.95. The molecule has 0 atom stereocenters. The minimum Gasteiger partial charge on any atom is -0.345 e. The molecule has 0 aliphatic rings. The molecule has 0 aromatic carbocycles. The van der Waals surface area contributed by atoms with Crippen LogP contribution in [-0.2, 0) is 7.05 Å². The van der Waals surface area contributed by atoms with E-state index in [1.165, 1.54) is 0 Å². The van der Waals surface area contributed by atoms with Gasteiger partial charge in [-0.05, 0) is 32.9 Å². The van der Waals surface area contributed by atoms with Crippen molar-refractivity contribution in [1.82, 2.24) is 39.3 Å². The quantitative estimate of drug-likeness (QED) is 0.522. The highest BCUT2D eigenvalue weighted by molar-refractivity contribution is 6.02. The first kappa shape index (κ1) is 16.6. The molecule has 0 bridgehead atoms. The number of rotatable bonds is 3. The lowest BCUT2D eigenvalue weighted by molar-refractivity contribution is 0.595. The van der Waals surface area contributed by atoms with E-state index < -0.39 is 0 Å². The van der Waals surface area contributed by atoms with E-state index in [2.05, 4.69) is 43.4 Å². The number of imidazole rings is 1. The number of nitrogens with one attached hydrogen (secondary N) is 1. The molecular formula is C20H20N8. The van der Waals surface area contributed by atoms with Crippen LogP contribution in [0.15, 0.2) is 37.1 Å². The fourth-order valence-corrected chi connectivity index (χ4v) is 3.78. The molecule has 28 heavy (non-hydrogen) atoms. The Labute approximate surface area is 161 Å². The first-order valence-electron chi connectivity index (χ1n) is 9.20. The van der Waals surface area contributed by atoms with Crippen molar-refractivity contribution in [1.29, 1.82) is 0 Å². The molecule has 0 spiro atoms. The molecule has 0 fully saturated rings. The van der Waals surface area contributed by atoms with Crippen LogP contribution in [-0.4, -0.2) is 39.3 Å². The van der Waals surface area contributed by atoms with Gasteiger partial charge in [-0.1, -0.05) is 0 Å². The van der Waals surface area contributed by atoms with Gasteiger partial charge in [0.15, 0.2) is 5.65 Å². The third-order valence-corrected chi connectivity index (χ3v) is 4.95. The summed E-state index contributed by atoms with van der Waals surface area (Å²) in [7, 11) is 1.89. The van der Waals surface area contributed by atoms with E-state index in [1.54, 1.807) is 11.0 Å². The Hall–Kier alpha value is -3.55. The lowest BCUT2D eigenvalue weighted by Crippen LogP contribution is -2.04. The number of fused-ring (bicyclic) bond motifs is 2. The number of aromatic nitrogens is 8. The fourth-order valence-electron chi connectivity index (χ4n) is 3.78. The Morgan fingerprint density at radius 3 is 2.71 bits per heavy atom. The number of hydrogen-bond donors (Lipinski definition) is 1. The highest BCUT2D eigenvalue weighted by Gasteiger charge is 2.18. The molecule has 140 valence electrons. The molecule has 0 saturated carbocycles. The lowest BCUT2D eigenvalue weighted by Gasteiger charge is -2.10. The summed E-state index contributed by atoms with van der Waals surface area (Å²) in [6.07, 6.45) is 7.27. The molecule has 0 unspecified atom stereocenters. The van der Waals surface area contributed by atoms with Crippen molar-refractivity contribution < 1.29 is 0 Å². The maximum absolute atomic E-state index is 4.95. The average molecular weight is 372 g/mol. The third kappa shape index (κ3) is 2.41. The van der Waals surface area contributed by atoms with Gasteiger partial charge in [0.05, 0.1) is 23.0 Å². The SMILES string of the molecule is Cc1nc2ccc(-c3c[nH]c4ncnc(-c5cnn(C)c5)c34)nc2n1C(C)C. The average Bonchev–Trinajstić information content (AvgIpc) is 3.36. The van der Waals surface area contributed by atoms with Gasteiger partial charge in [-0.3, -0.25) is 4.68 Å². The highest BCUT2D eigenvalue weighted by Crippen LogP contribution is 2.34. The summed E-state index contributed by atoms with van der Waals surface area (Å²) in [5.41, 5.74) is 6.17. The molecular weight excluding hydrogens is 352 g/mol. The second-order valence-corrected chi connectivity index (χ2v) is 7.21. The molecule has 5 aromatic rings. The van der Waals surface area contributed by atoms with Gasteiger partial charge >= 0.3 is 0 Å². The summed E-state index contributed by atoms with van der Waals surface area (Å²) < 4.78 is 3.93. The smallest absolute Gasteiger partial charge is 0.160 e. The van der Waals surface area contributed by atoms with Gasteiger partial charge in [0.2, 0.25) is 0 Å². The van der Waals surface area contributed by atoms with Crippen LogP contribution < -0.4 is 0 Å². The van der Waals surface area contributed by atoms with Crippen LogP contribution in [0.5, 0.6) is 0 Å². The summed E-state index contributed by atoms with van der Waals surface area (Å²) in [5, 5.41) is 5.22. The zero-order chi connectivity index (χ0) is 19.4. The first-order chi connectivity index (χ1) is 13.5. The maximum Gasteiger partial charge on any atom is 0.160 e. The topological polar surface area (TPSA) is 90.1 Å². The zero-order valence-electron chi connectivity index (χ0n) is 16.2. The van der Waals surface area contributed by atoms with Crippen molar-refractivity contribution in [3.05, 3.63) is 42.9 Å². The standard InChI is InChI=1S/C20H20N8/c1-11(2)28-12(3)25-16-6-5-15(26-20(16)28)14-8-21-19-17(14)18(22-10-23-19)13-7-24-27(4)9-13/h5-11H,1-4H3,(H,21,22,23). The van der Waals surface area contributed by atoms with E-state index in [-0.39, 0.29) is 6.04 Å². The van der Waals surface area contributed by atoms with Crippen LogP contribution in [0, 0.1) is 6.92 Å². The Morgan fingerprint density at radius 2 is 1.96 bits per heavy atom. The van der Waals surface area contributed by atoms with E-state index >= 15 is 0 Å². The molecule has 5 heterocycles. The normalized spacial score (nSPS) is 11.9. The Morgan fingerprint density at radius 1 is 1.11 bits per heavy atom. The van der Waals surface area contributed by atoms with Gasteiger partial charge < -0.3 is 9.55 Å². The molecule has 8 heteroatoms. The molecule has 5 rings (SSSR count). The molecule has 1 N–H and O–H groups in total. The number of aromatic amines is 1. The van der Waals surface area contributed by atoms with Crippen LogP contribution >= 0.6 is 0 Å². The number of hydrogen-bond acceptors (Lipinski definition) is 5. The van der Waals surface area contributed by atoms with Crippen molar-refractivity contribution in [2.24, 2.45) is 7.05 Å². The fraction of sp³-hybridized carbons (Fsp3) is 0.250. The van der Waals surface area contributed by atoms with Crippen LogP contribution in [0.25, 0.3) is 44.7 Å². The van der Waals surface area contributed by atoms with Crippen molar-refractivity contribution in [3.8, 4) is 22.5 Å². The van der Waals surface area contributed by atoms with Gasteiger partial charge in [0.1, 0.15) is 23.3 Å². The van der Waals surface area contributed by atoms with E-state index in [0.29, 0.717) is 0 Å². The van der Waals surface area contributed by atoms with E-state index in [1.807, 2.05) is 44.7 Å². The Balaban J connectivity index is 1.77. The van der Waals surface area contributed by atoms with Crippen molar-refractivity contribution in [2.75, 3.05) is 0 Å². The second-order valence-electron chi connectivity index (χ2n) is 7.21. The first-order valence-corrected chi connectivity index (χ1v) is 9.20. The zero-order valence-corrected chi connectivity index (χ0v) is 16.2. The number of H-pyrrole nitrogens is 1. The number of pyridine rings is 1. The predicted octanol–water partition coefficient (Wildman–Crippen LogP) is 3.66. The predicted molar refractivity (Wildman–Crippen MR) is 108 cm³/mol. The summed E-state index contributed by atoms with van der Waals surface area (Å²) >= 11 is 0. The third-order valence-electron chi connectivity index (χ3n) is 4.95. The van der Waals surface area contributed by atoms with Crippen LogP contribution in [0.4, 0.5) is 0 Å². The van der Waals surface area contributed by atoms with E-state index in [9.17, 15) is 0 Å². The van der Waals surface area contributed by atoms with E-state index in [4.69, 9.17) is 4.98 Å². The molecule has 0 saturated heterocycles. The van der Waals surface area contributed by atoms with Crippen LogP contribution in [0.1, 0.15) is 25.7 Å². The summed E-state index contributed by atoms with van der Waals surface area (Å²) in [6, 6.07) is 4.31. The van der Waals surface area contributed by atoms with Crippen LogP contribution in [0.3, 0.4) is 0 Å². The summed E-state index contributed by atoms with van der Waals surface area (Å²) in [6.45, 7) is 6.30. The van der Waals surface area contributed by atoms with Crippen LogP contribution in [0.2, 0.25) is 0 Å². The van der Waals surface area contributed by atoms with E-state index in [0.717, 1.165) is 50.5 Å². The lowest BCUT2D eigenvalue weighted by atomic mass is 10.1. The molecule has 5 aromatic heterocycles. The second kappa shape index (κ2) is 5.98. The Kier molecular flexibility index (Phi) is 3.55. The molecule has 0 aliphatic heterocycles. The molecule has 8 nitrogen and oxygen atoms in total. The van der Waals surface area contributed by atoms with Gasteiger partial charge in [-0.15, -0.1) is 0 Å². The largest absolute Gasteiger partial charge is 0.345 e. The Bertz CT molecular complexity index is 1320. The number of nitrogens with zero attached hydrogens (tertiary/aromatic N) is 7. The molecule has 0 aliphatic carbocycles. The minimum absolute atomic E-state index is 0.282. The molecule has 0 radical (unpaired) electrons. The summed E-state index contributed by atoms with van der Waals surface area (Å²) in [4.78, 5) is 21.8. The van der Waals surface area contributed by atoms with Gasteiger partial charge in [-0.2, -0.15) is 5.10 Å². The number of aryl methyl sites for hydroxylation is 2. The van der Waals surface area contributed by atoms with Gasteiger partial charge in [0.25, 0.3) is 0 Å². The van der Waals surface area contributed by atoms with Gasteiger partial charge in [0, 0.05) is 36.6 Å². The van der Waals surface area contributed by atoms with Crippen molar-refractivity contribution in [3.63, 3.8) is 0 Å². The highest BCUT2D eigenvalue weighted by atomic mass is 15.2. The molecule has 0 amide bonds.